The predicted molar refractivity (Wildman–Crippen MR) is 167 cm³/mol. The van der Waals surface area contributed by atoms with E-state index < -0.39 is 24.5 Å². The third kappa shape index (κ3) is 5.79. The molecule has 0 spiro atoms. The lowest BCUT2D eigenvalue weighted by Gasteiger charge is -2.32. The van der Waals surface area contributed by atoms with E-state index in [0.29, 0.717) is 46.4 Å². The number of nitrogens with one attached hydrogen (secondary N) is 1. The zero-order valence-electron chi connectivity index (χ0n) is 24.6. The molecule has 1 atom stereocenters. The Hall–Kier alpha value is -4.08. The number of ether oxygens (including phenoxy) is 2. The molecule has 0 saturated carbocycles. The fourth-order valence-electron chi connectivity index (χ4n) is 6.25. The van der Waals surface area contributed by atoms with E-state index in [1.54, 1.807) is 0 Å². The number of pyridine rings is 1. The summed E-state index contributed by atoms with van der Waals surface area (Å²) < 4.78 is 10.7. The van der Waals surface area contributed by atoms with Crippen molar-refractivity contribution in [2.75, 3.05) is 25.6 Å². The number of amides is 1. The van der Waals surface area contributed by atoms with Gasteiger partial charge in [-0.15, -0.1) is 11.3 Å². The number of rotatable bonds is 7. The third-order valence-electron chi connectivity index (χ3n) is 8.52. The number of hydrogen-bond donors (Lipinski definition) is 1. The molecule has 0 fully saturated rings. The van der Waals surface area contributed by atoms with Gasteiger partial charge in [-0.3, -0.25) is 14.7 Å². The molecule has 0 saturated heterocycles. The number of carbonyl (C=O) groups is 3. The number of fused-ring (bicyclic) bond motifs is 3. The van der Waals surface area contributed by atoms with E-state index in [2.05, 4.69) is 36.2 Å². The quantitative estimate of drug-likeness (QED) is 0.264. The van der Waals surface area contributed by atoms with Crippen molar-refractivity contribution in [1.82, 2.24) is 9.88 Å². The van der Waals surface area contributed by atoms with E-state index in [-0.39, 0.29) is 0 Å². The number of benzene rings is 2. The van der Waals surface area contributed by atoms with Crippen LogP contribution in [0.2, 0.25) is 0 Å². The van der Waals surface area contributed by atoms with Crippen LogP contribution in [0.1, 0.15) is 74.2 Å². The van der Waals surface area contributed by atoms with Crippen molar-refractivity contribution < 1.29 is 23.9 Å². The smallest absolute Gasteiger partial charge is 0.341 e. The van der Waals surface area contributed by atoms with E-state index in [9.17, 15) is 14.4 Å². The molecule has 43 heavy (non-hydrogen) atoms. The van der Waals surface area contributed by atoms with Crippen LogP contribution in [-0.4, -0.2) is 54.0 Å². The van der Waals surface area contributed by atoms with Crippen molar-refractivity contribution in [1.29, 1.82) is 0 Å². The maximum atomic E-state index is 13.6. The molecule has 2 aliphatic rings. The van der Waals surface area contributed by atoms with Crippen LogP contribution in [0.3, 0.4) is 0 Å². The first-order chi connectivity index (χ1) is 20.8. The number of para-hydroxylation sites is 1. The molecule has 2 aromatic heterocycles. The lowest BCUT2D eigenvalue weighted by Crippen LogP contribution is -2.37. The average molecular weight is 598 g/mol. The van der Waals surface area contributed by atoms with Gasteiger partial charge in [-0.05, 0) is 56.2 Å². The Labute approximate surface area is 255 Å². The van der Waals surface area contributed by atoms with Crippen molar-refractivity contribution in [2.24, 2.45) is 0 Å². The Morgan fingerprint density at radius 3 is 2.53 bits per heavy atom. The van der Waals surface area contributed by atoms with Crippen LogP contribution in [0.5, 0.6) is 0 Å². The Morgan fingerprint density at radius 2 is 1.77 bits per heavy atom. The molecular formula is C34H35N3O5S. The number of thiophene rings is 1. The van der Waals surface area contributed by atoms with E-state index in [1.807, 2.05) is 42.5 Å². The normalized spacial score (nSPS) is 16.4. The summed E-state index contributed by atoms with van der Waals surface area (Å²) in [4.78, 5) is 47.8. The minimum Gasteiger partial charge on any atom is -0.465 e. The second-order valence-corrected chi connectivity index (χ2v) is 12.5. The van der Waals surface area contributed by atoms with Crippen LogP contribution in [0.15, 0.2) is 54.6 Å². The lowest BCUT2D eigenvalue weighted by atomic mass is 9.83. The fourth-order valence-corrected chi connectivity index (χ4v) is 7.58. The zero-order chi connectivity index (χ0) is 30.1. The number of hydrogen-bond acceptors (Lipinski definition) is 8. The van der Waals surface area contributed by atoms with Crippen LogP contribution in [0, 0.1) is 0 Å². The van der Waals surface area contributed by atoms with Crippen molar-refractivity contribution in [3.63, 3.8) is 0 Å². The van der Waals surface area contributed by atoms with Gasteiger partial charge in [-0.2, -0.15) is 0 Å². The van der Waals surface area contributed by atoms with E-state index in [0.717, 1.165) is 53.0 Å². The highest BCUT2D eigenvalue weighted by Crippen LogP contribution is 2.42. The Kier molecular flexibility index (Phi) is 8.27. The van der Waals surface area contributed by atoms with Gasteiger partial charge in [0.05, 0.1) is 23.8 Å². The number of methoxy groups -OCH3 is 1. The van der Waals surface area contributed by atoms with Gasteiger partial charge in [0.2, 0.25) is 0 Å². The van der Waals surface area contributed by atoms with Gasteiger partial charge < -0.3 is 14.8 Å². The molecule has 222 valence electrons. The summed E-state index contributed by atoms with van der Waals surface area (Å²) in [7, 11) is 1.34. The number of carbonyl (C=O) groups excluding carboxylic acids is 3. The lowest BCUT2D eigenvalue weighted by molar-refractivity contribution is -0.119. The second-order valence-electron chi connectivity index (χ2n) is 11.4. The van der Waals surface area contributed by atoms with Gasteiger partial charge in [0.25, 0.3) is 5.91 Å². The van der Waals surface area contributed by atoms with Crippen LogP contribution in [-0.2, 0) is 40.1 Å². The maximum absolute atomic E-state index is 13.6. The standard InChI is InChI=1S/C34H35N3O5S/c1-20(2)37-16-15-27-25(18-37)30(23-11-7-8-12-26(23)35-27)34(40)42-19-29(38)36-32-31(33(39)41-3)24-14-13-22(17-28(24)43-32)21-9-5-4-6-10-21/h4-12,20,22H,13-19H2,1-3H3,(H,36,38). The van der Waals surface area contributed by atoms with E-state index >= 15 is 0 Å². The second kappa shape index (κ2) is 12.3. The summed E-state index contributed by atoms with van der Waals surface area (Å²) in [6, 6.07) is 18.2. The zero-order valence-corrected chi connectivity index (χ0v) is 25.5. The molecule has 1 aliphatic carbocycles. The molecule has 3 heterocycles. The van der Waals surface area contributed by atoms with Crippen LogP contribution in [0.25, 0.3) is 10.9 Å². The number of aromatic nitrogens is 1. The number of anilines is 1. The minimum absolute atomic E-state index is 0.317. The first-order valence-corrected chi connectivity index (χ1v) is 15.5. The Bertz CT molecular complexity index is 1700. The summed E-state index contributed by atoms with van der Waals surface area (Å²) >= 11 is 1.40. The summed E-state index contributed by atoms with van der Waals surface area (Å²) in [5.41, 5.74) is 5.55. The molecule has 4 aromatic rings. The van der Waals surface area contributed by atoms with Gasteiger partial charge in [0, 0.05) is 47.1 Å². The first-order valence-electron chi connectivity index (χ1n) is 14.7. The molecule has 2 aromatic carbocycles. The molecule has 8 nitrogen and oxygen atoms in total. The summed E-state index contributed by atoms with van der Waals surface area (Å²) in [6.07, 6.45) is 3.14. The van der Waals surface area contributed by atoms with Crippen molar-refractivity contribution in [3.8, 4) is 0 Å². The van der Waals surface area contributed by atoms with Crippen LogP contribution < -0.4 is 5.32 Å². The molecule has 9 heteroatoms. The van der Waals surface area contributed by atoms with E-state index in [1.165, 1.54) is 24.0 Å². The summed E-state index contributed by atoms with van der Waals surface area (Å²) in [5.74, 6) is -1.20. The molecule has 0 radical (unpaired) electrons. The van der Waals surface area contributed by atoms with Crippen molar-refractivity contribution >= 4 is 45.1 Å². The van der Waals surface area contributed by atoms with Gasteiger partial charge >= 0.3 is 11.9 Å². The molecule has 1 aliphatic heterocycles. The van der Waals surface area contributed by atoms with Crippen molar-refractivity contribution in [3.05, 3.63) is 93.0 Å². The Balaban J connectivity index is 1.21. The maximum Gasteiger partial charge on any atom is 0.341 e. The number of nitrogens with zero attached hydrogens (tertiary/aromatic N) is 2. The molecule has 1 unspecified atom stereocenters. The first kappa shape index (κ1) is 29.0. The molecule has 6 rings (SSSR count). The number of esters is 2. The van der Waals surface area contributed by atoms with Gasteiger partial charge in [-0.1, -0.05) is 48.5 Å². The predicted octanol–water partition coefficient (Wildman–Crippen LogP) is 5.92. The van der Waals surface area contributed by atoms with Gasteiger partial charge in [0.15, 0.2) is 6.61 Å². The molecule has 1 amide bonds. The minimum atomic E-state index is -0.556. The van der Waals surface area contributed by atoms with Gasteiger partial charge in [-0.25, -0.2) is 9.59 Å². The summed E-state index contributed by atoms with van der Waals surface area (Å²) in [5, 5.41) is 4.00. The highest BCUT2D eigenvalue weighted by molar-refractivity contribution is 7.17. The van der Waals surface area contributed by atoms with Crippen molar-refractivity contribution in [2.45, 2.75) is 58.0 Å². The molecular weight excluding hydrogens is 562 g/mol. The molecule has 1 N–H and O–H groups in total. The van der Waals surface area contributed by atoms with Gasteiger partial charge in [0.1, 0.15) is 5.00 Å². The largest absolute Gasteiger partial charge is 0.465 e. The fraction of sp³-hybridized carbons (Fsp3) is 0.353. The Morgan fingerprint density at radius 1 is 1.00 bits per heavy atom. The monoisotopic (exact) mass is 597 g/mol. The molecule has 0 bridgehead atoms. The summed E-state index contributed by atoms with van der Waals surface area (Å²) in [6.45, 7) is 5.25. The SMILES string of the molecule is COC(=O)c1c(NC(=O)COC(=O)c2c3c(nc4ccccc24)CCN(C(C)C)C3)sc2c1CCC(c1ccccc1)C2. The van der Waals surface area contributed by atoms with Crippen LogP contribution in [0.4, 0.5) is 5.00 Å². The van der Waals surface area contributed by atoms with E-state index in [4.69, 9.17) is 14.5 Å². The highest BCUT2D eigenvalue weighted by atomic mass is 32.1. The van der Waals surface area contributed by atoms with Crippen LogP contribution >= 0.6 is 11.3 Å². The average Bonchev–Trinajstić information content (AvgIpc) is 3.39. The topological polar surface area (TPSA) is 97.8 Å². The third-order valence-corrected chi connectivity index (χ3v) is 9.69. The highest BCUT2D eigenvalue weighted by Gasteiger charge is 2.31.